The summed E-state index contributed by atoms with van der Waals surface area (Å²) in [4.78, 5) is 23.2. The first kappa shape index (κ1) is 16.0. The van der Waals surface area contributed by atoms with Crippen LogP contribution in [-0.2, 0) is 19.1 Å². The zero-order chi connectivity index (χ0) is 15.9. The van der Waals surface area contributed by atoms with Crippen LogP contribution in [0.5, 0.6) is 0 Å². The minimum Gasteiger partial charge on any atom is -0.458 e. The number of fused-ring (bicyclic) bond motifs is 1. The SMILES string of the molecule is C[C@]1(OC=O)[C@@H](CCCl)C(=O)N[C@H]1[C@@H](O)[C@H]1CCCC2OC21. The Hall–Kier alpha value is -0.850. The van der Waals surface area contributed by atoms with Crippen molar-refractivity contribution in [2.45, 2.75) is 62.6 Å². The van der Waals surface area contributed by atoms with Crippen LogP contribution in [0.2, 0.25) is 0 Å². The normalized spacial score (nSPS) is 44.9. The highest BCUT2D eigenvalue weighted by atomic mass is 35.5. The van der Waals surface area contributed by atoms with Crippen molar-refractivity contribution < 1.29 is 24.2 Å². The third kappa shape index (κ3) is 2.51. The maximum absolute atomic E-state index is 12.2. The van der Waals surface area contributed by atoms with Crippen LogP contribution in [0.3, 0.4) is 0 Å². The van der Waals surface area contributed by atoms with Crippen molar-refractivity contribution in [2.75, 3.05) is 5.88 Å². The van der Waals surface area contributed by atoms with E-state index in [0.717, 1.165) is 19.3 Å². The Labute approximate surface area is 134 Å². The van der Waals surface area contributed by atoms with Gasteiger partial charge in [-0.3, -0.25) is 9.59 Å². The molecule has 3 rings (SSSR count). The van der Waals surface area contributed by atoms with Crippen molar-refractivity contribution in [3.05, 3.63) is 0 Å². The zero-order valence-electron chi connectivity index (χ0n) is 12.5. The molecule has 2 N–H and O–H groups in total. The first-order valence-electron chi connectivity index (χ1n) is 7.84. The number of epoxide rings is 1. The van der Waals surface area contributed by atoms with Gasteiger partial charge in [0.05, 0.1) is 30.3 Å². The molecule has 0 aromatic carbocycles. The van der Waals surface area contributed by atoms with Gasteiger partial charge in [0.15, 0.2) is 0 Å². The van der Waals surface area contributed by atoms with E-state index < -0.39 is 23.7 Å². The first-order chi connectivity index (χ1) is 10.5. The summed E-state index contributed by atoms with van der Waals surface area (Å²) in [6.45, 7) is 2.04. The molecule has 0 radical (unpaired) electrons. The van der Waals surface area contributed by atoms with Gasteiger partial charge in [-0.05, 0) is 26.2 Å². The largest absolute Gasteiger partial charge is 0.458 e. The van der Waals surface area contributed by atoms with E-state index in [-0.39, 0.29) is 29.9 Å². The topological polar surface area (TPSA) is 88.2 Å². The predicted octanol–water partition coefficient (Wildman–Crippen LogP) is 0.590. The number of alkyl halides is 1. The fourth-order valence-electron chi connectivity index (χ4n) is 4.18. The molecule has 0 aromatic rings. The summed E-state index contributed by atoms with van der Waals surface area (Å²) >= 11 is 5.77. The highest BCUT2D eigenvalue weighted by Gasteiger charge is 2.60. The number of nitrogens with one attached hydrogen (secondary N) is 1. The van der Waals surface area contributed by atoms with Crippen LogP contribution in [-0.4, -0.2) is 53.3 Å². The van der Waals surface area contributed by atoms with E-state index in [1.165, 1.54) is 0 Å². The third-order valence-corrected chi connectivity index (χ3v) is 5.69. The molecule has 1 amide bonds. The number of halogens is 1. The fraction of sp³-hybridized carbons (Fsp3) is 0.867. The molecule has 2 unspecified atom stereocenters. The second-order valence-corrected chi connectivity index (χ2v) is 7.02. The Bertz CT molecular complexity index is 461. The van der Waals surface area contributed by atoms with Crippen LogP contribution in [0.25, 0.3) is 0 Å². The molecule has 2 saturated heterocycles. The summed E-state index contributed by atoms with van der Waals surface area (Å²) in [6.07, 6.45) is 2.78. The predicted molar refractivity (Wildman–Crippen MR) is 78.3 cm³/mol. The van der Waals surface area contributed by atoms with E-state index >= 15 is 0 Å². The van der Waals surface area contributed by atoms with Gasteiger partial charge in [0.25, 0.3) is 6.47 Å². The van der Waals surface area contributed by atoms with Gasteiger partial charge in [-0.1, -0.05) is 6.42 Å². The molecule has 1 aliphatic carbocycles. The number of ether oxygens (including phenoxy) is 2. The number of aliphatic hydroxyl groups excluding tert-OH is 1. The first-order valence-corrected chi connectivity index (χ1v) is 8.37. The summed E-state index contributed by atoms with van der Waals surface area (Å²) in [5.41, 5.74) is -1.09. The lowest BCUT2D eigenvalue weighted by Crippen LogP contribution is -2.55. The van der Waals surface area contributed by atoms with E-state index in [0.29, 0.717) is 12.9 Å². The van der Waals surface area contributed by atoms with E-state index in [1.807, 2.05) is 0 Å². The number of amides is 1. The molecule has 0 aromatic heterocycles. The molecule has 3 aliphatic rings. The molecule has 0 spiro atoms. The molecule has 7 heteroatoms. The maximum atomic E-state index is 12.2. The third-order valence-electron chi connectivity index (χ3n) is 5.47. The zero-order valence-corrected chi connectivity index (χ0v) is 13.3. The van der Waals surface area contributed by atoms with Crippen LogP contribution < -0.4 is 5.32 Å². The van der Waals surface area contributed by atoms with Crippen molar-refractivity contribution in [1.29, 1.82) is 0 Å². The molecule has 124 valence electrons. The molecular weight excluding hydrogens is 310 g/mol. The second-order valence-electron chi connectivity index (χ2n) is 6.64. The average molecular weight is 332 g/mol. The molecule has 2 aliphatic heterocycles. The summed E-state index contributed by atoms with van der Waals surface area (Å²) in [6, 6.07) is -0.633. The van der Waals surface area contributed by atoms with Gasteiger partial charge in [-0.2, -0.15) is 0 Å². The molecule has 0 bridgehead atoms. The van der Waals surface area contributed by atoms with Gasteiger partial charge in [0.2, 0.25) is 5.91 Å². The Morgan fingerprint density at radius 1 is 1.59 bits per heavy atom. The van der Waals surface area contributed by atoms with Gasteiger partial charge in [-0.15, -0.1) is 11.6 Å². The van der Waals surface area contributed by atoms with E-state index in [1.54, 1.807) is 6.92 Å². The van der Waals surface area contributed by atoms with Crippen molar-refractivity contribution in [2.24, 2.45) is 11.8 Å². The molecule has 7 atom stereocenters. The lowest BCUT2D eigenvalue weighted by Gasteiger charge is -2.38. The number of carbonyl (C=O) groups is 2. The quantitative estimate of drug-likeness (QED) is 0.422. The minimum absolute atomic E-state index is 0.0339. The van der Waals surface area contributed by atoms with E-state index in [4.69, 9.17) is 21.1 Å². The number of carbonyl (C=O) groups excluding carboxylic acids is 2. The summed E-state index contributed by atoms with van der Waals surface area (Å²) in [5.74, 6) is -0.517. The van der Waals surface area contributed by atoms with Crippen LogP contribution in [0.15, 0.2) is 0 Å². The summed E-state index contributed by atoms with van der Waals surface area (Å²) in [7, 11) is 0. The van der Waals surface area contributed by atoms with Gasteiger partial charge in [-0.25, -0.2) is 0 Å². The number of aliphatic hydroxyl groups is 1. The lowest BCUT2D eigenvalue weighted by molar-refractivity contribution is -0.153. The van der Waals surface area contributed by atoms with Gasteiger partial charge >= 0.3 is 0 Å². The lowest BCUT2D eigenvalue weighted by atomic mass is 9.76. The number of hydrogen-bond donors (Lipinski definition) is 2. The maximum Gasteiger partial charge on any atom is 0.293 e. The van der Waals surface area contributed by atoms with Crippen LogP contribution >= 0.6 is 11.6 Å². The molecule has 6 nitrogen and oxygen atoms in total. The minimum atomic E-state index is -1.09. The standard InChI is InChI=1S/C15H22ClNO5/c1-15(21-7-18)9(5-6-16)14(20)17-13(15)11(19)8-3-2-4-10-12(8)22-10/h7-13,19H,2-6H2,1H3,(H,17,20)/t8-,9+,10?,11+,12?,13+,15+/m1/s1. The molecule has 3 fully saturated rings. The Morgan fingerprint density at radius 3 is 3.05 bits per heavy atom. The monoisotopic (exact) mass is 331 g/mol. The Balaban J connectivity index is 1.81. The molecule has 2 heterocycles. The van der Waals surface area contributed by atoms with Crippen molar-refractivity contribution >= 4 is 24.0 Å². The summed E-state index contributed by atoms with van der Waals surface area (Å²) in [5, 5.41) is 13.6. The smallest absolute Gasteiger partial charge is 0.293 e. The molecule has 1 saturated carbocycles. The number of rotatable bonds is 6. The van der Waals surface area contributed by atoms with Crippen molar-refractivity contribution in [3.8, 4) is 0 Å². The summed E-state index contributed by atoms with van der Waals surface area (Å²) < 4.78 is 10.9. The van der Waals surface area contributed by atoms with Gasteiger partial charge < -0.3 is 19.9 Å². The Morgan fingerprint density at radius 2 is 2.36 bits per heavy atom. The van der Waals surface area contributed by atoms with Crippen molar-refractivity contribution in [1.82, 2.24) is 5.32 Å². The van der Waals surface area contributed by atoms with Gasteiger partial charge in [0, 0.05) is 11.8 Å². The van der Waals surface area contributed by atoms with Crippen LogP contribution in [0.1, 0.15) is 32.6 Å². The van der Waals surface area contributed by atoms with Gasteiger partial charge in [0.1, 0.15) is 5.60 Å². The fourth-order valence-corrected chi connectivity index (χ4v) is 4.40. The van der Waals surface area contributed by atoms with E-state index in [2.05, 4.69) is 5.32 Å². The van der Waals surface area contributed by atoms with E-state index in [9.17, 15) is 14.7 Å². The number of hydrogen-bond acceptors (Lipinski definition) is 5. The van der Waals surface area contributed by atoms with Crippen LogP contribution in [0, 0.1) is 11.8 Å². The average Bonchev–Trinajstić information content (AvgIpc) is 3.24. The highest BCUT2D eigenvalue weighted by Crippen LogP contribution is 2.45. The molecule has 22 heavy (non-hydrogen) atoms. The second kappa shape index (κ2) is 5.98. The van der Waals surface area contributed by atoms with Crippen LogP contribution in [0.4, 0.5) is 0 Å². The molecular formula is C15H22ClNO5. The highest BCUT2D eigenvalue weighted by molar-refractivity contribution is 6.18. The van der Waals surface area contributed by atoms with Crippen molar-refractivity contribution in [3.63, 3.8) is 0 Å². The Kier molecular flexibility index (Phi) is 4.36.